The summed E-state index contributed by atoms with van der Waals surface area (Å²) in [5, 5.41) is 10.9. The minimum atomic E-state index is -1.21. The molecule has 0 aromatic heterocycles. The molecule has 2 rings (SSSR count). The fourth-order valence-electron chi connectivity index (χ4n) is 2.11. The van der Waals surface area contributed by atoms with Crippen LogP contribution in [-0.2, 0) is 9.59 Å². The molecule has 1 aromatic carbocycles. The molecule has 1 aliphatic rings. The summed E-state index contributed by atoms with van der Waals surface area (Å²) in [7, 11) is 0. The Morgan fingerprint density at radius 3 is 2.71 bits per heavy atom. The van der Waals surface area contributed by atoms with Crippen molar-refractivity contribution in [2.75, 3.05) is 11.4 Å². The Morgan fingerprint density at radius 1 is 1.43 bits per heavy atom. The molecule has 1 atom stereocenters. The molecule has 0 unspecified atom stereocenters. The van der Waals surface area contributed by atoms with Crippen LogP contribution in [0.5, 0.6) is 0 Å². The van der Waals surface area contributed by atoms with Gasteiger partial charge in [-0.2, -0.15) is 0 Å². The Kier molecular flexibility index (Phi) is 4.21. The number of carbonyl (C=O) groups is 3. The number of halogens is 1. The number of hydrogen-bond donors (Lipinski definition) is 2. The number of rotatable bonds is 4. The molecule has 0 saturated carbocycles. The molecule has 0 aliphatic carbocycles. The maximum absolute atomic E-state index is 13.7. The first-order valence-electron chi connectivity index (χ1n) is 6.53. The third kappa shape index (κ3) is 3.18. The Bertz CT molecular complexity index is 603. The van der Waals surface area contributed by atoms with Crippen molar-refractivity contribution < 1.29 is 23.9 Å². The Hall–Kier alpha value is -2.44. The Balaban J connectivity index is 2.25. The van der Waals surface area contributed by atoms with Gasteiger partial charge in [0.15, 0.2) is 0 Å². The number of hydrogen-bond acceptors (Lipinski definition) is 3. The number of benzene rings is 1. The molecule has 0 radical (unpaired) electrons. The summed E-state index contributed by atoms with van der Waals surface area (Å²) < 4.78 is 13.7. The molecule has 1 heterocycles. The van der Waals surface area contributed by atoms with Gasteiger partial charge in [-0.3, -0.25) is 14.4 Å². The smallest absolute Gasteiger partial charge is 0.325 e. The van der Waals surface area contributed by atoms with E-state index in [-0.39, 0.29) is 11.5 Å². The highest BCUT2D eigenvalue weighted by Gasteiger charge is 2.24. The van der Waals surface area contributed by atoms with Crippen molar-refractivity contribution in [3.05, 3.63) is 29.6 Å². The lowest BCUT2D eigenvalue weighted by Gasteiger charge is -2.17. The van der Waals surface area contributed by atoms with Crippen molar-refractivity contribution in [2.24, 2.45) is 0 Å². The minimum Gasteiger partial charge on any atom is -0.480 e. The number of nitrogens with one attached hydrogen (secondary N) is 1. The van der Waals surface area contributed by atoms with Gasteiger partial charge in [-0.25, -0.2) is 4.39 Å². The molecule has 1 aliphatic heterocycles. The van der Waals surface area contributed by atoms with Crippen LogP contribution in [0.2, 0.25) is 0 Å². The highest BCUT2D eigenvalue weighted by atomic mass is 19.1. The zero-order valence-corrected chi connectivity index (χ0v) is 11.4. The molecule has 2 N–H and O–H groups in total. The van der Waals surface area contributed by atoms with Crippen LogP contribution in [0.3, 0.4) is 0 Å². The number of carboxylic acids is 1. The molecule has 2 amide bonds. The number of nitrogens with zero attached hydrogens (tertiary/aromatic N) is 1. The lowest BCUT2D eigenvalue weighted by molar-refractivity contribution is -0.138. The highest BCUT2D eigenvalue weighted by Crippen LogP contribution is 2.23. The van der Waals surface area contributed by atoms with Crippen LogP contribution in [0.15, 0.2) is 18.2 Å². The van der Waals surface area contributed by atoms with E-state index in [4.69, 9.17) is 5.11 Å². The van der Waals surface area contributed by atoms with Gasteiger partial charge in [-0.05, 0) is 31.5 Å². The third-order valence-electron chi connectivity index (χ3n) is 3.30. The first-order valence-corrected chi connectivity index (χ1v) is 6.53. The Morgan fingerprint density at radius 2 is 2.14 bits per heavy atom. The molecule has 0 spiro atoms. The average Bonchev–Trinajstić information content (AvgIpc) is 2.85. The van der Waals surface area contributed by atoms with Crippen LogP contribution in [0.4, 0.5) is 10.1 Å². The number of carbonyl (C=O) groups excluding carboxylic acids is 2. The van der Waals surface area contributed by atoms with Crippen LogP contribution in [0.25, 0.3) is 0 Å². The van der Waals surface area contributed by atoms with Crippen LogP contribution < -0.4 is 10.2 Å². The second-order valence-corrected chi connectivity index (χ2v) is 4.85. The highest BCUT2D eigenvalue weighted by molar-refractivity contribution is 6.00. The maximum Gasteiger partial charge on any atom is 0.325 e. The van der Waals surface area contributed by atoms with Crippen LogP contribution in [-0.4, -0.2) is 35.5 Å². The summed E-state index contributed by atoms with van der Waals surface area (Å²) in [4.78, 5) is 35.8. The van der Waals surface area contributed by atoms with E-state index < -0.39 is 23.7 Å². The number of anilines is 1. The molecule has 112 valence electrons. The van der Waals surface area contributed by atoms with Gasteiger partial charge >= 0.3 is 5.97 Å². The average molecular weight is 294 g/mol. The van der Waals surface area contributed by atoms with Crippen molar-refractivity contribution >= 4 is 23.5 Å². The van der Waals surface area contributed by atoms with Crippen molar-refractivity contribution in [1.82, 2.24) is 5.32 Å². The van der Waals surface area contributed by atoms with Crippen molar-refractivity contribution in [3.63, 3.8) is 0 Å². The van der Waals surface area contributed by atoms with E-state index in [1.54, 1.807) is 0 Å². The summed E-state index contributed by atoms with van der Waals surface area (Å²) in [6, 6.07) is 2.66. The number of aliphatic carboxylic acids is 1. The van der Waals surface area contributed by atoms with Crippen LogP contribution in [0.1, 0.15) is 30.1 Å². The van der Waals surface area contributed by atoms with Gasteiger partial charge in [0, 0.05) is 18.7 Å². The zero-order chi connectivity index (χ0) is 15.6. The lowest BCUT2D eigenvalue weighted by Crippen LogP contribution is -2.38. The Labute approximate surface area is 120 Å². The second kappa shape index (κ2) is 5.90. The molecule has 21 heavy (non-hydrogen) atoms. The molecule has 1 aromatic rings. The minimum absolute atomic E-state index is 0.0770. The first-order chi connectivity index (χ1) is 9.90. The quantitative estimate of drug-likeness (QED) is 0.872. The summed E-state index contributed by atoms with van der Waals surface area (Å²) in [5.41, 5.74) is 0.160. The van der Waals surface area contributed by atoms with E-state index in [0.29, 0.717) is 25.1 Å². The zero-order valence-electron chi connectivity index (χ0n) is 11.4. The number of amides is 2. The topological polar surface area (TPSA) is 86.7 Å². The monoisotopic (exact) mass is 294 g/mol. The predicted molar refractivity (Wildman–Crippen MR) is 72.6 cm³/mol. The van der Waals surface area contributed by atoms with E-state index in [9.17, 15) is 18.8 Å². The molecule has 1 fully saturated rings. The van der Waals surface area contributed by atoms with Crippen LogP contribution >= 0.6 is 0 Å². The molecular formula is C14H15FN2O4. The fourth-order valence-corrected chi connectivity index (χ4v) is 2.11. The first kappa shape index (κ1) is 15.0. The molecule has 0 bridgehead atoms. The molecule has 6 nitrogen and oxygen atoms in total. The fraction of sp³-hybridized carbons (Fsp3) is 0.357. The lowest BCUT2D eigenvalue weighted by atomic mass is 10.1. The van der Waals surface area contributed by atoms with Gasteiger partial charge in [0.1, 0.15) is 11.9 Å². The van der Waals surface area contributed by atoms with Gasteiger partial charge < -0.3 is 15.3 Å². The normalized spacial score (nSPS) is 15.9. The van der Waals surface area contributed by atoms with E-state index in [1.807, 2.05) is 0 Å². The molecule has 1 saturated heterocycles. The van der Waals surface area contributed by atoms with Gasteiger partial charge in [-0.15, -0.1) is 0 Å². The third-order valence-corrected chi connectivity index (χ3v) is 3.30. The van der Waals surface area contributed by atoms with Gasteiger partial charge in [0.05, 0.1) is 5.56 Å². The van der Waals surface area contributed by atoms with E-state index >= 15 is 0 Å². The van der Waals surface area contributed by atoms with Gasteiger partial charge in [-0.1, -0.05) is 0 Å². The number of carboxylic acid groups (broad SMARTS) is 1. The summed E-state index contributed by atoms with van der Waals surface area (Å²) in [6.45, 7) is 1.81. The summed E-state index contributed by atoms with van der Waals surface area (Å²) in [6.07, 6.45) is 1.14. The summed E-state index contributed by atoms with van der Waals surface area (Å²) in [5.74, 6) is -2.88. The largest absolute Gasteiger partial charge is 0.480 e. The molecule has 7 heteroatoms. The molecular weight excluding hydrogens is 279 g/mol. The standard InChI is InChI=1S/C14H15FN2O4/c1-8(14(20)21)16-13(19)10-7-9(4-5-11(10)15)17-6-2-3-12(17)18/h4-5,7-8H,2-3,6H2,1H3,(H,16,19)(H,20,21)/t8-/m1/s1. The van der Waals surface area contributed by atoms with Gasteiger partial charge in [0.25, 0.3) is 5.91 Å². The summed E-state index contributed by atoms with van der Waals surface area (Å²) >= 11 is 0. The van der Waals surface area contributed by atoms with Crippen molar-refractivity contribution in [1.29, 1.82) is 0 Å². The van der Waals surface area contributed by atoms with E-state index in [2.05, 4.69) is 5.32 Å². The second-order valence-electron chi connectivity index (χ2n) is 4.85. The van der Waals surface area contributed by atoms with Crippen molar-refractivity contribution in [3.8, 4) is 0 Å². The maximum atomic E-state index is 13.7. The van der Waals surface area contributed by atoms with Crippen LogP contribution in [0, 0.1) is 5.82 Å². The van der Waals surface area contributed by atoms with Gasteiger partial charge in [0.2, 0.25) is 5.91 Å². The van der Waals surface area contributed by atoms with Crippen molar-refractivity contribution in [2.45, 2.75) is 25.8 Å². The predicted octanol–water partition coefficient (Wildman–Crippen LogP) is 1.16. The SMILES string of the molecule is C[C@@H](NC(=O)c1cc(N2CCCC2=O)ccc1F)C(=O)O. The van der Waals surface area contributed by atoms with E-state index in [0.717, 1.165) is 6.07 Å². The van der Waals surface area contributed by atoms with E-state index in [1.165, 1.54) is 24.0 Å².